The molecule has 1 spiro atoms. The highest BCUT2D eigenvalue weighted by Crippen LogP contribution is 2.56. The predicted octanol–water partition coefficient (Wildman–Crippen LogP) is 4.49. The van der Waals surface area contributed by atoms with Crippen LogP contribution in [0.2, 0.25) is 0 Å². The predicted molar refractivity (Wildman–Crippen MR) is 163 cm³/mol. The molecule has 12 heteroatoms. The molecule has 2 saturated carbocycles. The Morgan fingerprint density at radius 2 is 1.81 bits per heavy atom. The van der Waals surface area contributed by atoms with E-state index >= 15 is 0 Å². The summed E-state index contributed by atoms with van der Waals surface area (Å²) in [6.45, 7) is 3.86. The van der Waals surface area contributed by atoms with Gasteiger partial charge in [0.05, 0.1) is 31.7 Å². The van der Waals surface area contributed by atoms with Gasteiger partial charge >= 0.3 is 0 Å². The molecule has 4 aliphatic rings. The van der Waals surface area contributed by atoms with Crippen molar-refractivity contribution in [1.82, 2.24) is 14.7 Å². The Morgan fingerprint density at radius 3 is 2.57 bits per heavy atom. The molecule has 2 aliphatic heterocycles. The normalized spacial score (nSPS) is 19.4. The molecule has 7 rings (SSSR count). The van der Waals surface area contributed by atoms with Crippen LogP contribution in [0.3, 0.4) is 0 Å². The lowest BCUT2D eigenvalue weighted by Gasteiger charge is -2.29. The largest absolute Gasteiger partial charge is 0.494 e. The Labute approximate surface area is 246 Å². The van der Waals surface area contributed by atoms with E-state index in [2.05, 4.69) is 31.6 Å². The number of sulfonamides is 1. The highest BCUT2D eigenvalue weighted by atomic mass is 32.2. The van der Waals surface area contributed by atoms with Gasteiger partial charge in [0.2, 0.25) is 16.0 Å². The van der Waals surface area contributed by atoms with Crippen molar-refractivity contribution in [3.8, 4) is 5.75 Å². The summed E-state index contributed by atoms with van der Waals surface area (Å²) in [7, 11) is -2.07. The zero-order valence-corrected chi connectivity index (χ0v) is 24.6. The molecule has 11 nitrogen and oxygen atoms in total. The fourth-order valence-electron chi connectivity index (χ4n) is 6.34. The summed E-state index contributed by atoms with van der Waals surface area (Å²) in [5.74, 6) is 2.44. The molecule has 2 aromatic carbocycles. The number of benzene rings is 2. The van der Waals surface area contributed by atoms with Crippen molar-refractivity contribution in [2.24, 2.45) is 0 Å². The summed E-state index contributed by atoms with van der Waals surface area (Å²) in [6, 6.07) is 13.0. The Kier molecular flexibility index (Phi) is 7.07. The van der Waals surface area contributed by atoms with Crippen LogP contribution in [0.25, 0.3) is 0 Å². The van der Waals surface area contributed by atoms with Gasteiger partial charge in [0.25, 0.3) is 0 Å². The van der Waals surface area contributed by atoms with Crippen LogP contribution in [-0.4, -0.2) is 64.4 Å². The molecule has 0 atom stereocenters. The molecule has 1 aromatic heterocycles. The van der Waals surface area contributed by atoms with Crippen molar-refractivity contribution >= 4 is 44.7 Å². The minimum Gasteiger partial charge on any atom is -0.494 e. The number of morpholine rings is 1. The third-order valence-electron chi connectivity index (χ3n) is 8.80. The number of aromatic nitrogens is 2. The van der Waals surface area contributed by atoms with E-state index in [0.717, 1.165) is 80.9 Å². The van der Waals surface area contributed by atoms with Crippen LogP contribution in [0, 0.1) is 0 Å². The van der Waals surface area contributed by atoms with E-state index in [0.29, 0.717) is 36.4 Å². The number of hydrogen-bond acceptors (Lipinski definition) is 10. The van der Waals surface area contributed by atoms with Crippen molar-refractivity contribution in [2.75, 3.05) is 60.8 Å². The fourth-order valence-corrected chi connectivity index (χ4v) is 7.80. The summed E-state index contributed by atoms with van der Waals surface area (Å²) in [5.41, 5.74) is 3.29. The topological polar surface area (TPSA) is 130 Å². The van der Waals surface area contributed by atoms with Crippen LogP contribution in [0.4, 0.5) is 34.6 Å². The smallest absolute Gasteiger partial charge is 0.242 e. The lowest BCUT2D eigenvalue weighted by atomic mass is 10.0. The average molecular weight is 592 g/mol. The van der Waals surface area contributed by atoms with Gasteiger partial charge in [-0.25, -0.2) is 13.1 Å². The maximum atomic E-state index is 13.5. The van der Waals surface area contributed by atoms with Gasteiger partial charge in [-0.2, -0.15) is 9.97 Å². The molecule has 4 N–H and O–H groups in total. The Hall–Kier alpha value is -3.61. The van der Waals surface area contributed by atoms with Crippen LogP contribution < -0.4 is 30.3 Å². The van der Waals surface area contributed by atoms with Gasteiger partial charge in [0, 0.05) is 48.4 Å². The van der Waals surface area contributed by atoms with Gasteiger partial charge in [-0.1, -0.05) is 25.0 Å². The summed E-state index contributed by atoms with van der Waals surface area (Å²) in [6.07, 6.45) is 5.91. The summed E-state index contributed by atoms with van der Waals surface area (Å²) in [4.78, 5) is 12.2. The molecule has 0 amide bonds. The highest BCUT2D eigenvalue weighted by Gasteiger charge is 2.52. The molecular formula is C30H37N7O4S. The molecule has 0 unspecified atom stereocenters. The Balaban J connectivity index is 1.21. The van der Waals surface area contributed by atoms with Gasteiger partial charge in [-0.05, 0) is 49.9 Å². The first-order valence-corrected chi connectivity index (χ1v) is 16.2. The Morgan fingerprint density at radius 1 is 1.02 bits per heavy atom. The van der Waals surface area contributed by atoms with Crippen molar-refractivity contribution < 1.29 is 17.9 Å². The first-order chi connectivity index (χ1) is 20.4. The van der Waals surface area contributed by atoms with E-state index in [1.54, 1.807) is 25.3 Å². The third kappa shape index (κ3) is 5.23. The van der Waals surface area contributed by atoms with Gasteiger partial charge in [0.1, 0.15) is 22.3 Å². The second-order valence-electron chi connectivity index (χ2n) is 11.6. The molecule has 42 heavy (non-hydrogen) atoms. The summed E-state index contributed by atoms with van der Waals surface area (Å²) in [5, 5.41) is 10.2. The maximum absolute atomic E-state index is 13.5. The highest BCUT2D eigenvalue weighted by molar-refractivity contribution is 7.89. The molecule has 3 fully saturated rings. The second-order valence-corrected chi connectivity index (χ2v) is 13.3. The van der Waals surface area contributed by atoms with Crippen molar-refractivity contribution in [3.05, 3.63) is 48.0 Å². The third-order valence-corrected chi connectivity index (χ3v) is 10.4. The van der Waals surface area contributed by atoms with Gasteiger partial charge in [0.15, 0.2) is 0 Å². The van der Waals surface area contributed by atoms with E-state index in [1.165, 1.54) is 0 Å². The number of hydrogen-bond donors (Lipinski definition) is 4. The number of fused-ring (bicyclic) bond motifs is 2. The SMILES string of the molecule is COc1cc(N2CCOCC2)ccc1Nc1nc2c(c(Nc3ccccc3S(=O)(=O)NC3CCCC3)n1)C1(CC1)CN2. The van der Waals surface area contributed by atoms with E-state index in [1.807, 2.05) is 18.2 Å². The number of nitrogens with zero attached hydrogens (tertiary/aromatic N) is 3. The van der Waals surface area contributed by atoms with Crippen molar-refractivity contribution in [1.29, 1.82) is 0 Å². The van der Waals surface area contributed by atoms with Gasteiger partial charge < -0.3 is 30.3 Å². The van der Waals surface area contributed by atoms with Crippen molar-refractivity contribution in [2.45, 2.75) is 54.9 Å². The molecule has 1 saturated heterocycles. The number of anilines is 6. The molecule has 3 aromatic rings. The average Bonchev–Trinajstić information content (AvgIpc) is 3.43. The molecule has 2 aliphatic carbocycles. The maximum Gasteiger partial charge on any atom is 0.242 e. The molecule has 0 bridgehead atoms. The number of para-hydroxylation sites is 1. The van der Waals surface area contributed by atoms with Gasteiger partial charge in [-0.15, -0.1) is 0 Å². The lowest BCUT2D eigenvalue weighted by molar-refractivity contribution is 0.122. The second kappa shape index (κ2) is 10.9. The van der Waals surface area contributed by atoms with Crippen LogP contribution in [0.1, 0.15) is 44.1 Å². The van der Waals surface area contributed by atoms with Crippen molar-refractivity contribution in [3.63, 3.8) is 0 Å². The number of ether oxygens (including phenoxy) is 2. The summed E-state index contributed by atoms with van der Waals surface area (Å²) < 4.78 is 41.1. The lowest BCUT2D eigenvalue weighted by Crippen LogP contribution is -2.36. The molecule has 222 valence electrons. The minimum absolute atomic E-state index is 0.0225. The zero-order chi connectivity index (χ0) is 28.7. The fraction of sp³-hybridized carbons (Fsp3) is 0.467. The van der Waals surface area contributed by atoms with E-state index < -0.39 is 10.0 Å². The monoisotopic (exact) mass is 591 g/mol. The quantitative estimate of drug-likeness (QED) is 0.283. The van der Waals surface area contributed by atoms with Gasteiger partial charge in [-0.3, -0.25) is 0 Å². The van der Waals surface area contributed by atoms with Crippen LogP contribution in [-0.2, 0) is 20.2 Å². The molecular weight excluding hydrogens is 554 g/mol. The zero-order valence-electron chi connectivity index (χ0n) is 23.8. The standard InChI is InChI=1S/C30H37N7O4S/c1-40-24-18-21(37-14-16-41-17-15-37)10-11-22(24)33-29-34-27-26(30(12-13-30)19-31-27)28(35-29)32-23-8-4-5-9-25(23)42(38,39)36-20-6-2-3-7-20/h4-5,8-11,18,20,36H,2-3,6-7,12-17,19H2,1H3,(H3,31,32,33,34,35). The molecule has 0 radical (unpaired) electrons. The number of nitrogens with one attached hydrogen (secondary N) is 4. The minimum atomic E-state index is -3.72. The first-order valence-electron chi connectivity index (χ1n) is 14.8. The number of methoxy groups -OCH3 is 1. The van der Waals surface area contributed by atoms with E-state index in [-0.39, 0.29) is 16.4 Å². The van der Waals surface area contributed by atoms with E-state index in [9.17, 15) is 8.42 Å². The Bertz CT molecular complexity index is 1580. The number of rotatable bonds is 9. The summed E-state index contributed by atoms with van der Waals surface area (Å²) >= 11 is 0. The van der Waals surface area contributed by atoms with Crippen LogP contribution >= 0.6 is 0 Å². The van der Waals surface area contributed by atoms with Crippen LogP contribution in [0.5, 0.6) is 5.75 Å². The first kappa shape index (κ1) is 27.2. The van der Waals surface area contributed by atoms with Crippen LogP contribution in [0.15, 0.2) is 47.4 Å². The van der Waals surface area contributed by atoms with E-state index in [4.69, 9.17) is 19.4 Å². The molecule has 3 heterocycles.